The zero-order valence-corrected chi connectivity index (χ0v) is 8.58. The summed E-state index contributed by atoms with van der Waals surface area (Å²) in [5, 5.41) is 9.21. The molecule has 1 rings (SSSR count). The molecule has 80 valence electrons. The van der Waals surface area contributed by atoms with Gasteiger partial charge in [-0.3, -0.25) is 4.55 Å². The maximum Gasteiger partial charge on any atom is 0.298 e. The summed E-state index contributed by atoms with van der Waals surface area (Å²) in [7, 11) is -4.62. The predicted molar refractivity (Wildman–Crippen MR) is 50.7 cm³/mol. The molecule has 2 N–H and O–H groups in total. The predicted octanol–water partition coefficient (Wildman–Crippen LogP) is 1.26. The van der Waals surface area contributed by atoms with Crippen LogP contribution in [0.15, 0.2) is 22.0 Å². The van der Waals surface area contributed by atoms with Crippen LogP contribution in [0.2, 0.25) is 5.02 Å². The lowest BCUT2D eigenvalue weighted by Crippen LogP contribution is -1.98. The van der Waals surface area contributed by atoms with Crippen molar-refractivity contribution in [3.05, 3.63) is 17.2 Å². The normalized spacial score (nSPS) is 10.8. The minimum Gasteiger partial charge on any atom is -0.504 e. The van der Waals surface area contributed by atoms with Gasteiger partial charge in [-0.1, -0.05) is 11.6 Å². The summed E-state index contributed by atoms with van der Waals surface area (Å²) in [5.74, 6) is -0.856. The number of phenols is 1. The Hall–Kier alpha value is -1.40. The van der Waals surface area contributed by atoms with E-state index in [0.717, 1.165) is 18.2 Å². The van der Waals surface area contributed by atoms with Gasteiger partial charge < -0.3 is 5.11 Å². The fourth-order valence-electron chi connectivity index (χ4n) is 0.891. The fourth-order valence-corrected chi connectivity index (χ4v) is 1.79. The van der Waals surface area contributed by atoms with Gasteiger partial charge in [0.15, 0.2) is 5.75 Å². The second kappa shape index (κ2) is 4.00. The fraction of sp³-hybridized carbons (Fsp3) is 0. The molecule has 8 heteroatoms. The van der Waals surface area contributed by atoms with Gasteiger partial charge in [0, 0.05) is 5.02 Å². The highest BCUT2D eigenvalue weighted by atomic mass is 35.5. The molecule has 0 heterocycles. The Labute approximate surface area is 89.6 Å². The third-order valence-electron chi connectivity index (χ3n) is 1.46. The van der Waals surface area contributed by atoms with Crippen LogP contribution in [0, 0.1) is 0 Å². The van der Waals surface area contributed by atoms with Crippen LogP contribution >= 0.6 is 11.6 Å². The van der Waals surface area contributed by atoms with Crippen molar-refractivity contribution in [1.29, 1.82) is 0 Å². The van der Waals surface area contributed by atoms with Gasteiger partial charge in [-0.15, -0.1) is 0 Å². The molecule has 0 saturated heterocycles. The van der Waals surface area contributed by atoms with Crippen molar-refractivity contribution in [3.8, 4) is 5.75 Å². The Morgan fingerprint density at radius 2 is 2.00 bits per heavy atom. The highest BCUT2D eigenvalue weighted by Crippen LogP contribution is 2.36. The zero-order valence-electron chi connectivity index (χ0n) is 7.01. The zero-order chi connectivity index (χ0) is 11.6. The van der Waals surface area contributed by atoms with Crippen molar-refractivity contribution in [3.63, 3.8) is 0 Å². The highest BCUT2D eigenvalue weighted by Gasteiger charge is 2.19. The van der Waals surface area contributed by atoms with E-state index in [-0.39, 0.29) is 10.7 Å². The largest absolute Gasteiger partial charge is 0.504 e. The van der Waals surface area contributed by atoms with E-state index in [9.17, 15) is 18.3 Å². The molecule has 0 aromatic heterocycles. The van der Waals surface area contributed by atoms with Gasteiger partial charge >= 0.3 is 0 Å². The van der Waals surface area contributed by atoms with Crippen LogP contribution in [0.5, 0.6) is 5.75 Å². The monoisotopic (exact) mass is 249 g/mol. The van der Waals surface area contributed by atoms with E-state index in [4.69, 9.17) is 16.2 Å². The molecule has 6 nitrogen and oxygen atoms in total. The van der Waals surface area contributed by atoms with E-state index in [1.165, 1.54) is 0 Å². The van der Waals surface area contributed by atoms with E-state index in [1.54, 1.807) is 0 Å². The Morgan fingerprint density at radius 1 is 1.40 bits per heavy atom. The molecule has 0 amide bonds. The van der Waals surface area contributed by atoms with Gasteiger partial charge in [-0.25, -0.2) is 4.79 Å². The smallest absolute Gasteiger partial charge is 0.298 e. The highest BCUT2D eigenvalue weighted by molar-refractivity contribution is 7.86. The molecule has 0 aliphatic heterocycles. The maximum absolute atomic E-state index is 10.8. The van der Waals surface area contributed by atoms with Crippen molar-refractivity contribution in [2.24, 2.45) is 4.99 Å². The van der Waals surface area contributed by atoms with Crippen LogP contribution in [-0.2, 0) is 14.9 Å². The minimum atomic E-state index is -4.62. The number of carbonyl (C=O) groups excluding carboxylic acids is 1. The summed E-state index contributed by atoms with van der Waals surface area (Å²) < 4.78 is 30.2. The maximum atomic E-state index is 10.8. The van der Waals surface area contributed by atoms with Crippen molar-refractivity contribution in [2.75, 3.05) is 0 Å². The molecule has 1 aromatic carbocycles. The van der Waals surface area contributed by atoms with Crippen molar-refractivity contribution < 1.29 is 22.9 Å². The minimum absolute atomic E-state index is 0.102. The first kappa shape index (κ1) is 11.7. The average Bonchev–Trinajstić information content (AvgIpc) is 2.09. The molecule has 0 radical (unpaired) electrons. The van der Waals surface area contributed by atoms with Crippen LogP contribution in [0.3, 0.4) is 0 Å². The van der Waals surface area contributed by atoms with Crippen LogP contribution in [0.25, 0.3) is 0 Å². The first-order chi connectivity index (χ1) is 6.86. The van der Waals surface area contributed by atoms with Gasteiger partial charge in [0.1, 0.15) is 10.6 Å². The summed E-state index contributed by atoms with van der Waals surface area (Å²) in [5.41, 5.74) is -0.384. The number of phenolic OH excluding ortho intramolecular Hbond substituents is 1. The van der Waals surface area contributed by atoms with E-state index in [1.807, 2.05) is 0 Å². The average molecular weight is 250 g/mol. The lowest BCUT2D eigenvalue weighted by atomic mass is 10.3. The summed E-state index contributed by atoms with van der Waals surface area (Å²) >= 11 is 5.49. The third-order valence-corrected chi connectivity index (χ3v) is 2.55. The Kier molecular flexibility index (Phi) is 3.11. The van der Waals surface area contributed by atoms with Gasteiger partial charge in [0.05, 0.1) is 0 Å². The van der Waals surface area contributed by atoms with E-state index in [0.29, 0.717) is 0 Å². The molecule has 0 atom stereocenters. The lowest BCUT2D eigenvalue weighted by Gasteiger charge is -2.03. The summed E-state index contributed by atoms with van der Waals surface area (Å²) in [6, 6.07) is 1.88. The molecule has 15 heavy (non-hydrogen) atoms. The third kappa shape index (κ3) is 2.54. The molecule has 0 bridgehead atoms. The number of isocyanates is 1. The van der Waals surface area contributed by atoms with E-state index >= 15 is 0 Å². The topological polar surface area (TPSA) is 104 Å². The van der Waals surface area contributed by atoms with Gasteiger partial charge in [0.2, 0.25) is 6.08 Å². The van der Waals surface area contributed by atoms with E-state index < -0.39 is 20.8 Å². The van der Waals surface area contributed by atoms with Gasteiger partial charge in [0.25, 0.3) is 10.1 Å². The quantitative estimate of drug-likeness (QED) is 0.466. The van der Waals surface area contributed by atoms with Crippen LogP contribution in [0.1, 0.15) is 0 Å². The second-order valence-electron chi connectivity index (χ2n) is 2.45. The molecule has 1 aromatic rings. The second-order valence-corrected chi connectivity index (χ2v) is 4.28. The molecule has 0 unspecified atom stereocenters. The summed E-state index contributed by atoms with van der Waals surface area (Å²) in [6.45, 7) is 0. The molecule has 0 saturated carbocycles. The first-order valence-electron chi connectivity index (χ1n) is 3.44. The first-order valence-corrected chi connectivity index (χ1v) is 5.26. The number of rotatable bonds is 2. The lowest BCUT2D eigenvalue weighted by molar-refractivity contribution is 0.444. The number of aromatic hydroxyl groups is 1. The van der Waals surface area contributed by atoms with Gasteiger partial charge in [-0.2, -0.15) is 13.4 Å². The standard InChI is InChI=1S/C7H4ClNO5S/c8-4-1-5(9-3-10)7(11)6(2-4)15(12,13)14/h1-2,11H,(H,12,13,14). The molecular weight excluding hydrogens is 246 g/mol. The Bertz CT molecular complexity index is 547. The molecule has 0 spiro atoms. The summed E-state index contributed by atoms with van der Waals surface area (Å²) in [6.07, 6.45) is 1.11. The van der Waals surface area contributed by atoms with Crippen molar-refractivity contribution in [1.82, 2.24) is 0 Å². The van der Waals surface area contributed by atoms with Crippen LogP contribution in [-0.4, -0.2) is 24.2 Å². The number of aliphatic imine (C=N–C) groups is 1. The van der Waals surface area contributed by atoms with E-state index in [2.05, 4.69) is 4.99 Å². The van der Waals surface area contributed by atoms with Crippen LogP contribution < -0.4 is 0 Å². The Balaban J connectivity index is 3.63. The van der Waals surface area contributed by atoms with Crippen molar-refractivity contribution >= 4 is 33.5 Å². The number of hydrogen-bond acceptors (Lipinski definition) is 5. The SMILES string of the molecule is O=C=Nc1cc(Cl)cc(S(=O)(=O)O)c1O. The molecule has 0 aliphatic carbocycles. The Morgan fingerprint density at radius 3 is 2.47 bits per heavy atom. The number of benzene rings is 1. The molecular formula is C7H4ClNO5S. The molecule has 0 fully saturated rings. The van der Waals surface area contributed by atoms with Crippen LogP contribution in [0.4, 0.5) is 5.69 Å². The molecule has 0 aliphatic rings. The van der Waals surface area contributed by atoms with Crippen molar-refractivity contribution in [2.45, 2.75) is 4.90 Å². The van der Waals surface area contributed by atoms with Gasteiger partial charge in [-0.05, 0) is 12.1 Å². The number of nitrogens with zero attached hydrogens (tertiary/aromatic N) is 1. The number of hydrogen-bond donors (Lipinski definition) is 2. The summed E-state index contributed by atoms with van der Waals surface area (Å²) in [4.78, 5) is 12.2. The number of halogens is 1.